The normalized spacial score (nSPS) is 26.7. The number of hydrogen-bond acceptors (Lipinski definition) is 30. The van der Waals surface area contributed by atoms with E-state index in [1.807, 2.05) is 104 Å². The predicted octanol–water partition coefficient (Wildman–Crippen LogP) is 9.78. The van der Waals surface area contributed by atoms with Crippen molar-refractivity contribution in [3.8, 4) is 33.6 Å². The zero-order valence-corrected chi connectivity index (χ0v) is 76.8. The number of nitrogens with zero attached hydrogens (tertiary/aromatic N) is 16. The highest BCUT2D eigenvalue weighted by atomic mass is 16.6. The zero-order chi connectivity index (χ0) is 93.0. The highest BCUT2D eigenvalue weighted by Gasteiger charge is 2.53. The number of ether oxygens (including phenoxy) is 7. The molecular weight excluding hydrogens is 1680 g/mol. The van der Waals surface area contributed by atoms with Crippen LogP contribution in [0.3, 0.4) is 0 Å². The molecule has 5 aliphatic rings. The number of nitrogens with one attached hydrogen (secondary N) is 1. The van der Waals surface area contributed by atoms with Crippen LogP contribution in [0.1, 0.15) is 163 Å². The molecule has 7 N–H and O–H groups in total. The maximum atomic E-state index is 15.0. The number of Topliss-reactive ketones (excluding diaryl/α,β-unsaturated/α-hetero) is 3. The number of hydrogen-bond donors (Lipinski definition) is 5. The number of aliphatic hydroxyl groups is 2. The van der Waals surface area contributed by atoms with Gasteiger partial charge in [0.05, 0.1) is 80.3 Å². The van der Waals surface area contributed by atoms with E-state index >= 15 is 0 Å². The third-order valence-corrected chi connectivity index (χ3v) is 26.3. The summed E-state index contributed by atoms with van der Waals surface area (Å²) >= 11 is 0. The highest BCUT2D eigenvalue weighted by Crippen LogP contribution is 2.43. The summed E-state index contributed by atoms with van der Waals surface area (Å²) < 4.78 is 53.0. The number of methoxy groups -OCH3 is 3. The van der Waals surface area contributed by atoms with Gasteiger partial charge in [-0.25, -0.2) is 38.8 Å². The van der Waals surface area contributed by atoms with E-state index < -0.39 is 83.7 Å². The summed E-state index contributed by atoms with van der Waals surface area (Å²) in [6.07, 6.45) is 22.2. The number of carbonyl (C=O) groups excluding carboxylic acids is 7. The van der Waals surface area contributed by atoms with Gasteiger partial charge in [-0.05, 0) is 150 Å². The number of allylic oxidation sites excluding steroid dienone is 6. The molecule has 4 fully saturated rings. The van der Waals surface area contributed by atoms with Crippen LogP contribution in [0.15, 0.2) is 126 Å². The molecule has 10 heterocycles. The molecule has 131 heavy (non-hydrogen) atoms. The maximum Gasteiger partial charge on any atom is 0.329 e. The first kappa shape index (κ1) is 97.3. The molecule has 13 rings (SSSR count). The third-order valence-electron chi connectivity index (χ3n) is 26.3. The molecule has 6 aromatic heterocycles. The summed E-state index contributed by atoms with van der Waals surface area (Å²) in [6, 6.07) is 12.2. The Morgan fingerprint density at radius 1 is 0.763 bits per heavy atom. The SMILES string of the molecule is CO[C@H]1C[C@@H]2CC[C@@H](C)[C@@](O)(O2)C(=O)C(=O)N2CCCC[C@H]2C(=O)OC([C@H](C)C[C@@H]2CC[C@H](n3nncc3-c3cccc(-c4cnc(N5CCN(C(=O)CCc6cn(CCOCCOCCC(=O)NCCCCn7nc(-c8ccc9oc(N)nc9c8)c8c(N)ncnc87)nn6)CC5)nc4)c3)[C@H](OC)C2)CC(=O)[C@H](C)/C=C(\C)[C@@H](O)[C@@H](OC)C(=O)[C@H](C)C[C@H](C)/C=C/C=C/C=C/1C. The Morgan fingerprint density at radius 2 is 1.55 bits per heavy atom. The second kappa shape index (κ2) is 45.7. The Hall–Kier alpha value is -11.3. The number of nitrogen functional groups attached to an aromatic ring is 2. The Kier molecular flexibility index (Phi) is 34.0. The number of anilines is 3. The van der Waals surface area contributed by atoms with Crippen LogP contribution in [0.4, 0.5) is 17.8 Å². The van der Waals surface area contributed by atoms with Crippen LogP contribution in [0.2, 0.25) is 0 Å². The number of aliphatic hydroxyl groups excluding tert-OH is 1. The standard InChI is InChI=1S/C95H127N19O17/c1-58-19-12-11-13-20-59(2)78(124-8)51-71-28-24-64(7)95(123,131-71)88(120)91(121)112-34-16-14-23-74(112)92(122)129-79(52-76(115)60(3)46-63(6)86(119)87(126-10)85(118)62(5)45-58)61(4)47-65-25-29-73(80(48-65)125-9)114-75(55-103-107-114)67-22-18-21-66(49-67)69-53-99-94(100-54-69)110-38-36-109(37-39-110)82(117)31-27-70-56-111(108-105-70)40-42-128-44-43-127-41-32-81(116)98-33-15-17-35-113-90-83(89(96)101-57-102-90)84(106-113)68-26-30-77-72(50-68)104-93(97)130-77/h11-13,18-22,26,30,46,49-50,53-58,60-62,64-65,71,73-74,78-80,86-87,119,123H,14-17,23-25,27-29,31-45,47-48,51-52H2,1-10H3,(H2,97,104)(H,98,116)(H2,96,101,102)/b13-11+,19-12+,59-20+,63-46+/t58-,60-,61-,62-,64-,65+,71+,73+,74+,78+,79?,80-,86-,87+,95-/m1/s1. The summed E-state index contributed by atoms with van der Waals surface area (Å²) in [5, 5.41) is 50.0. The van der Waals surface area contributed by atoms with Crippen LogP contribution in [0, 0.1) is 35.5 Å². The number of aryl methyl sites for hydroxylation is 2. The number of amides is 3. The molecule has 1 saturated carbocycles. The van der Waals surface area contributed by atoms with Crippen molar-refractivity contribution in [2.45, 2.75) is 225 Å². The van der Waals surface area contributed by atoms with Crippen LogP contribution in [0.25, 0.3) is 55.8 Å². The number of nitrogens with two attached hydrogens (primary N) is 2. The number of rotatable bonds is 28. The average Bonchev–Trinajstić information content (AvgIpc) is 1.30. The van der Waals surface area contributed by atoms with Crippen molar-refractivity contribution in [2.75, 3.05) is 103 Å². The molecule has 3 amide bonds. The third kappa shape index (κ3) is 24.6. The average molecular weight is 1810 g/mol. The molecule has 0 radical (unpaired) electrons. The van der Waals surface area contributed by atoms with E-state index in [1.165, 1.54) is 18.3 Å². The number of esters is 1. The second-order valence-corrected chi connectivity index (χ2v) is 35.6. The smallest absolute Gasteiger partial charge is 0.329 e. The molecule has 704 valence electrons. The molecular formula is C95H127N19O17. The van der Waals surface area contributed by atoms with Gasteiger partial charge in [-0.15, -0.1) is 10.2 Å². The molecule has 2 aromatic carbocycles. The number of fused-ring (bicyclic) bond motifs is 5. The monoisotopic (exact) mass is 1810 g/mol. The van der Waals surface area contributed by atoms with Crippen molar-refractivity contribution in [3.63, 3.8) is 0 Å². The fraction of sp³-hybridized carbons (Fsp3) is 0.568. The summed E-state index contributed by atoms with van der Waals surface area (Å²) in [4.78, 5) is 127. The lowest BCUT2D eigenvalue weighted by atomic mass is 9.77. The van der Waals surface area contributed by atoms with Gasteiger partial charge in [0.15, 0.2) is 17.0 Å². The summed E-state index contributed by atoms with van der Waals surface area (Å²) in [5.41, 5.74) is 20.5. The van der Waals surface area contributed by atoms with Gasteiger partial charge in [0.25, 0.3) is 17.7 Å². The van der Waals surface area contributed by atoms with Gasteiger partial charge in [0, 0.05) is 152 Å². The minimum Gasteiger partial charge on any atom is -0.460 e. The Morgan fingerprint density at radius 3 is 2.33 bits per heavy atom. The second-order valence-electron chi connectivity index (χ2n) is 35.6. The van der Waals surface area contributed by atoms with E-state index in [9.17, 15) is 43.8 Å². The maximum absolute atomic E-state index is 15.0. The minimum absolute atomic E-state index is 0.0195. The van der Waals surface area contributed by atoms with Crippen LogP contribution >= 0.6 is 0 Å². The van der Waals surface area contributed by atoms with Crippen LogP contribution in [-0.4, -0.2) is 261 Å². The summed E-state index contributed by atoms with van der Waals surface area (Å²) in [7, 11) is 4.63. The number of ketones is 3. The Bertz CT molecular complexity index is 5370. The summed E-state index contributed by atoms with van der Waals surface area (Å²) in [6.45, 7) is 17.7. The Labute approximate surface area is 763 Å². The molecule has 15 atom stereocenters. The van der Waals surface area contributed by atoms with Gasteiger partial charge in [-0.3, -0.25) is 28.8 Å². The van der Waals surface area contributed by atoms with Crippen molar-refractivity contribution >= 4 is 81.0 Å². The van der Waals surface area contributed by atoms with Crippen LogP contribution in [0.5, 0.6) is 0 Å². The lowest BCUT2D eigenvalue weighted by molar-refractivity contribution is -0.265. The van der Waals surface area contributed by atoms with Gasteiger partial charge >= 0.3 is 5.97 Å². The van der Waals surface area contributed by atoms with Crippen molar-refractivity contribution in [1.82, 2.24) is 79.8 Å². The van der Waals surface area contributed by atoms with Crippen LogP contribution in [-0.2, 0) is 86.2 Å². The lowest BCUT2D eigenvalue weighted by Crippen LogP contribution is -2.61. The predicted molar refractivity (Wildman–Crippen MR) is 487 cm³/mol. The van der Waals surface area contributed by atoms with Gasteiger partial charge in [0.1, 0.15) is 53.5 Å². The molecule has 36 heteroatoms. The number of carbonyl (C=O) groups is 7. The number of aromatic nitrogens is 13. The van der Waals surface area contributed by atoms with E-state index in [1.54, 1.807) is 75.1 Å². The number of oxazole rings is 1. The largest absolute Gasteiger partial charge is 0.460 e. The fourth-order valence-corrected chi connectivity index (χ4v) is 18.5. The van der Waals surface area contributed by atoms with Crippen LogP contribution < -0.4 is 21.7 Å². The lowest BCUT2D eigenvalue weighted by Gasteiger charge is -2.42. The summed E-state index contributed by atoms with van der Waals surface area (Å²) in [5.74, 6) is -7.72. The van der Waals surface area contributed by atoms with E-state index in [4.69, 9.17) is 64.1 Å². The number of unbranched alkanes of at least 4 members (excludes halogenated alkanes) is 1. The van der Waals surface area contributed by atoms with Crippen molar-refractivity contribution in [2.24, 2.45) is 35.5 Å². The quantitative estimate of drug-likeness (QED) is 0.0132. The molecule has 36 nitrogen and oxygen atoms in total. The first-order valence-corrected chi connectivity index (χ1v) is 46.0. The molecule has 4 aliphatic heterocycles. The highest BCUT2D eigenvalue weighted by molar-refractivity contribution is 6.39. The fourth-order valence-electron chi connectivity index (χ4n) is 18.5. The van der Waals surface area contributed by atoms with Crippen molar-refractivity contribution < 1.29 is 81.4 Å². The van der Waals surface area contributed by atoms with E-state index in [-0.39, 0.29) is 98.6 Å². The molecule has 3 saturated heterocycles. The first-order chi connectivity index (χ1) is 63.2. The molecule has 1 aliphatic carbocycles. The van der Waals surface area contributed by atoms with E-state index in [0.29, 0.717) is 181 Å². The molecule has 1 unspecified atom stereocenters. The molecule has 8 aromatic rings. The number of cyclic esters (lactones) is 1. The molecule has 0 spiro atoms. The Balaban J connectivity index is 0.556. The number of piperidine rings is 1. The first-order valence-electron chi connectivity index (χ1n) is 46.0. The molecule has 2 bridgehead atoms. The van der Waals surface area contributed by atoms with Gasteiger partial charge in [-0.1, -0.05) is 99.7 Å². The van der Waals surface area contributed by atoms with E-state index in [2.05, 4.69) is 51.9 Å². The van der Waals surface area contributed by atoms with Gasteiger partial charge < -0.3 is 79.3 Å². The zero-order valence-electron chi connectivity index (χ0n) is 76.8. The van der Waals surface area contributed by atoms with Gasteiger partial charge in [0.2, 0.25) is 23.5 Å². The number of piperazine rings is 1. The van der Waals surface area contributed by atoms with E-state index in [0.717, 1.165) is 46.4 Å². The minimum atomic E-state index is -2.48. The van der Waals surface area contributed by atoms with Crippen molar-refractivity contribution in [1.29, 1.82) is 0 Å². The van der Waals surface area contributed by atoms with Crippen molar-refractivity contribution in [3.05, 3.63) is 127 Å². The number of benzene rings is 2. The topological polar surface area (TPSA) is 455 Å². The van der Waals surface area contributed by atoms with Gasteiger partial charge in [-0.2, -0.15) is 10.1 Å².